The lowest BCUT2D eigenvalue weighted by Gasteiger charge is -2.01. The van der Waals surface area contributed by atoms with Crippen molar-refractivity contribution in [1.82, 2.24) is 0 Å². The van der Waals surface area contributed by atoms with Crippen LogP contribution in [-0.2, 0) is 6.42 Å². The smallest absolute Gasteiger partial charge is 0.0991 e. The molecule has 0 bridgehead atoms. The fraction of sp³-hybridized carbons (Fsp3) is 0.500. The minimum Gasteiger partial charge on any atom is -0.192 e. The van der Waals surface area contributed by atoms with Crippen molar-refractivity contribution in [3.05, 3.63) is 35.4 Å². The highest BCUT2D eigenvalue weighted by Crippen LogP contribution is 2.10. The van der Waals surface area contributed by atoms with Crippen LogP contribution in [-0.4, -0.2) is 0 Å². The number of nitrogens with zero attached hydrogens (tertiary/aromatic N) is 1. The molecule has 1 heteroatoms. The van der Waals surface area contributed by atoms with Crippen LogP contribution in [0, 0.1) is 11.3 Å². The first-order valence-corrected chi connectivity index (χ1v) is 5.86. The van der Waals surface area contributed by atoms with Gasteiger partial charge in [0.05, 0.1) is 11.6 Å². The van der Waals surface area contributed by atoms with Crippen molar-refractivity contribution in [3.63, 3.8) is 0 Å². The molecule has 0 saturated carbocycles. The summed E-state index contributed by atoms with van der Waals surface area (Å²) in [6.07, 6.45) is 7.65. The van der Waals surface area contributed by atoms with Gasteiger partial charge in [-0.2, -0.15) is 5.26 Å². The van der Waals surface area contributed by atoms with E-state index in [-0.39, 0.29) is 0 Å². The topological polar surface area (TPSA) is 23.8 Å². The Kier molecular flexibility index (Phi) is 5.55. The summed E-state index contributed by atoms with van der Waals surface area (Å²) in [5, 5.41) is 8.75. The van der Waals surface area contributed by atoms with Gasteiger partial charge in [-0.05, 0) is 30.5 Å². The molecule has 0 atom stereocenters. The molecule has 1 rings (SSSR count). The summed E-state index contributed by atoms with van der Waals surface area (Å²) in [6.45, 7) is 2.23. The van der Waals surface area contributed by atoms with E-state index in [9.17, 15) is 0 Å². The summed E-state index contributed by atoms with van der Waals surface area (Å²) in [5.41, 5.74) is 2.08. The van der Waals surface area contributed by atoms with E-state index in [4.69, 9.17) is 5.26 Å². The zero-order valence-corrected chi connectivity index (χ0v) is 9.50. The van der Waals surface area contributed by atoms with Crippen LogP contribution in [0.2, 0.25) is 0 Å². The van der Waals surface area contributed by atoms with Gasteiger partial charge in [-0.1, -0.05) is 44.7 Å². The lowest BCUT2D eigenvalue weighted by Crippen LogP contribution is -1.87. The SMILES string of the molecule is CCCCCCCc1cccc(C#N)c1. The molecule has 0 amide bonds. The highest BCUT2D eigenvalue weighted by Gasteiger charge is 1.95. The number of unbranched alkanes of at least 4 members (excludes halogenated alkanes) is 4. The van der Waals surface area contributed by atoms with E-state index in [0.717, 1.165) is 12.0 Å². The van der Waals surface area contributed by atoms with E-state index < -0.39 is 0 Å². The number of hydrogen-bond acceptors (Lipinski definition) is 1. The third-order valence-corrected chi connectivity index (χ3v) is 2.63. The molecule has 0 saturated heterocycles. The van der Waals surface area contributed by atoms with Crippen molar-refractivity contribution >= 4 is 0 Å². The highest BCUT2D eigenvalue weighted by molar-refractivity contribution is 5.32. The molecule has 80 valence electrons. The van der Waals surface area contributed by atoms with Crippen molar-refractivity contribution in [3.8, 4) is 6.07 Å². The van der Waals surface area contributed by atoms with Gasteiger partial charge in [0, 0.05) is 0 Å². The summed E-state index contributed by atoms with van der Waals surface area (Å²) in [6, 6.07) is 10.1. The number of nitriles is 1. The predicted molar refractivity (Wildman–Crippen MR) is 63.6 cm³/mol. The minimum atomic E-state index is 0.779. The van der Waals surface area contributed by atoms with Crippen LogP contribution in [0.5, 0.6) is 0 Å². The standard InChI is InChI=1S/C14H19N/c1-2-3-4-5-6-8-13-9-7-10-14(11-13)12-15/h7,9-11H,2-6,8H2,1H3. The zero-order chi connectivity index (χ0) is 10.9. The summed E-state index contributed by atoms with van der Waals surface area (Å²) in [5.74, 6) is 0. The number of benzene rings is 1. The Balaban J connectivity index is 2.28. The van der Waals surface area contributed by atoms with E-state index in [1.807, 2.05) is 18.2 Å². The molecule has 1 aromatic carbocycles. The van der Waals surface area contributed by atoms with E-state index in [1.165, 1.54) is 37.7 Å². The Bertz CT molecular complexity index is 322. The van der Waals surface area contributed by atoms with E-state index in [0.29, 0.717) is 0 Å². The van der Waals surface area contributed by atoms with Crippen LogP contribution >= 0.6 is 0 Å². The third kappa shape index (κ3) is 4.65. The van der Waals surface area contributed by atoms with Gasteiger partial charge in [-0.3, -0.25) is 0 Å². The molecule has 0 heterocycles. The summed E-state index contributed by atoms with van der Waals surface area (Å²) in [7, 11) is 0. The Morgan fingerprint density at radius 3 is 2.67 bits per heavy atom. The first-order valence-electron chi connectivity index (χ1n) is 5.86. The fourth-order valence-electron chi connectivity index (χ4n) is 1.73. The maximum atomic E-state index is 8.75. The first kappa shape index (κ1) is 11.8. The van der Waals surface area contributed by atoms with Crippen molar-refractivity contribution in [2.75, 3.05) is 0 Å². The lowest BCUT2D eigenvalue weighted by atomic mass is 10.0. The van der Waals surface area contributed by atoms with Gasteiger partial charge >= 0.3 is 0 Å². The third-order valence-electron chi connectivity index (χ3n) is 2.63. The summed E-state index contributed by atoms with van der Waals surface area (Å²) < 4.78 is 0. The lowest BCUT2D eigenvalue weighted by molar-refractivity contribution is 0.632. The Labute approximate surface area is 92.7 Å². The van der Waals surface area contributed by atoms with Crippen molar-refractivity contribution in [2.24, 2.45) is 0 Å². The van der Waals surface area contributed by atoms with Crippen LogP contribution in [0.3, 0.4) is 0 Å². The fourth-order valence-corrected chi connectivity index (χ4v) is 1.73. The molecule has 1 aromatic rings. The van der Waals surface area contributed by atoms with Crippen LogP contribution < -0.4 is 0 Å². The second kappa shape index (κ2) is 7.06. The van der Waals surface area contributed by atoms with Crippen LogP contribution in [0.15, 0.2) is 24.3 Å². The Hall–Kier alpha value is -1.29. The first-order chi connectivity index (χ1) is 7.36. The summed E-state index contributed by atoms with van der Waals surface area (Å²) in [4.78, 5) is 0. The largest absolute Gasteiger partial charge is 0.192 e. The normalized spacial score (nSPS) is 9.87. The van der Waals surface area contributed by atoms with Gasteiger partial charge in [0.2, 0.25) is 0 Å². The van der Waals surface area contributed by atoms with E-state index in [1.54, 1.807) is 0 Å². The second-order valence-corrected chi connectivity index (χ2v) is 3.98. The molecule has 0 aliphatic rings. The minimum absolute atomic E-state index is 0.779. The molecule has 0 N–H and O–H groups in total. The Morgan fingerprint density at radius 1 is 1.13 bits per heavy atom. The Morgan fingerprint density at radius 2 is 1.93 bits per heavy atom. The second-order valence-electron chi connectivity index (χ2n) is 3.98. The average Bonchev–Trinajstić information content (AvgIpc) is 2.29. The molecule has 1 nitrogen and oxygen atoms in total. The van der Waals surface area contributed by atoms with Crippen molar-refractivity contribution in [1.29, 1.82) is 5.26 Å². The highest BCUT2D eigenvalue weighted by atomic mass is 14.2. The molecule has 0 fully saturated rings. The van der Waals surface area contributed by atoms with Crippen molar-refractivity contribution in [2.45, 2.75) is 45.4 Å². The van der Waals surface area contributed by atoms with Gasteiger partial charge in [-0.25, -0.2) is 0 Å². The van der Waals surface area contributed by atoms with Crippen molar-refractivity contribution < 1.29 is 0 Å². The van der Waals surface area contributed by atoms with Gasteiger partial charge in [0.25, 0.3) is 0 Å². The number of hydrogen-bond donors (Lipinski definition) is 0. The molecular weight excluding hydrogens is 182 g/mol. The molecular formula is C14H19N. The maximum Gasteiger partial charge on any atom is 0.0991 e. The average molecular weight is 201 g/mol. The van der Waals surface area contributed by atoms with Crippen LogP contribution in [0.4, 0.5) is 0 Å². The van der Waals surface area contributed by atoms with Gasteiger partial charge in [-0.15, -0.1) is 0 Å². The zero-order valence-electron chi connectivity index (χ0n) is 9.50. The summed E-state index contributed by atoms with van der Waals surface area (Å²) >= 11 is 0. The molecule has 0 spiro atoms. The predicted octanol–water partition coefficient (Wildman–Crippen LogP) is 4.07. The monoisotopic (exact) mass is 201 g/mol. The van der Waals surface area contributed by atoms with E-state index >= 15 is 0 Å². The van der Waals surface area contributed by atoms with Gasteiger partial charge < -0.3 is 0 Å². The number of aryl methyl sites for hydroxylation is 1. The quantitative estimate of drug-likeness (QED) is 0.636. The van der Waals surface area contributed by atoms with Gasteiger partial charge in [0.1, 0.15) is 0 Å². The van der Waals surface area contributed by atoms with Crippen LogP contribution in [0.1, 0.15) is 50.2 Å². The van der Waals surface area contributed by atoms with Gasteiger partial charge in [0.15, 0.2) is 0 Å². The molecule has 0 unspecified atom stereocenters. The molecule has 0 radical (unpaired) electrons. The number of rotatable bonds is 6. The van der Waals surface area contributed by atoms with E-state index in [2.05, 4.69) is 19.1 Å². The maximum absolute atomic E-state index is 8.75. The molecule has 0 aromatic heterocycles. The molecule has 0 aliphatic carbocycles. The molecule has 0 aliphatic heterocycles. The molecule has 15 heavy (non-hydrogen) atoms. The van der Waals surface area contributed by atoms with Crippen LogP contribution in [0.25, 0.3) is 0 Å².